The zero-order valence-corrected chi connectivity index (χ0v) is 15.1. The highest BCUT2D eigenvalue weighted by atomic mass is 19.4. The summed E-state index contributed by atoms with van der Waals surface area (Å²) in [6.07, 6.45) is -3.88. The van der Waals surface area contributed by atoms with Crippen LogP contribution in [-0.2, 0) is 15.7 Å². The SMILES string of the molecule is CC(C)[C@@H]1CO[C@@]23CCN(C(=O)c4cccc(C(F)(F)F)c4)[C@@H]2CC(=O)N13. The van der Waals surface area contributed by atoms with E-state index in [1.165, 1.54) is 17.0 Å². The van der Waals surface area contributed by atoms with Gasteiger partial charge in [0.2, 0.25) is 5.91 Å². The molecule has 0 unspecified atom stereocenters. The van der Waals surface area contributed by atoms with Crippen molar-refractivity contribution in [2.75, 3.05) is 13.2 Å². The monoisotopic (exact) mass is 382 g/mol. The van der Waals surface area contributed by atoms with Crippen LogP contribution in [0.5, 0.6) is 0 Å². The van der Waals surface area contributed by atoms with Gasteiger partial charge in [-0.1, -0.05) is 19.9 Å². The molecule has 3 heterocycles. The minimum absolute atomic E-state index is 0.0221. The molecule has 8 heteroatoms. The van der Waals surface area contributed by atoms with Gasteiger partial charge in [0.25, 0.3) is 5.91 Å². The smallest absolute Gasteiger partial charge is 0.351 e. The summed E-state index contributed by atoms with van der Waals surface area (Å²) in [4.78, 5) is 28.9. The molecule has 146 valence electrons. The number of hydrogen-bond acceptors (Lipinski definition) is 3. The Morgan fingerprint density at radius 3 is 2.74 bits per heavy atom. The van der Waals surface area contributed by atoms with Crippen molar-refractivity contribution in [3.8, 4) is 0 Å². The summed E-state index contributed by atoms with van der Waals surface area (Å²) < 4.78 is 45.0. The minimum Gasteiger partial charge on any atom is -0.351 e. The minimum atomic E-state index is -4.51. The van der Waals surface area contributed by atoms with Crippen molar-refractivity contribution in [2.45, 2.75) is 50.7 Å². The molecule has 3 aliphatic rings. The van der Waals surface area contributed by atoms with Crippen LogP contribution < -0.4 is 0 Å². The molecule has 3 fully saturated rings. The fourth-order valence-electron chi connectivity index (χ4n) is 4.61. The summed E-state index contributed by atoms with van der Waals surface area (Å²) >= 11 is 0. The number of halogens is 3. The quantitative estimate of drug-likeness (QED) is 0.790. The Labute approximate surface area is 155 Å². The highest BCUT2D eigenvalue weighted by Gasteiger charge is 2.65. The normalized spacial score (nSPS) is 30.2. The summed E-state index contributed by atoms with van der Waals surface area (Å²) in [6, 6.07) is 3.92. The van der Waals surface area contributed by atoms with Crippen LogP contribution >= 0.6 is 0 Å². The predicted octanol–water partition coefficient (Wildman–Crippen LogP) is 2.90. The van der Waals surface area contributed by atoms with Gasteiger partial charge in [0.05, 0.1) is 30.7 Å². The van der Waals surface area contributed by atoms with Gasteiger partial charge in [0, 0.05) is 18.5 Å². The maximum Gasteiger partial charge on any atom is 0.416 e. The number of likely N-dealkylation sites (tertiary alicyclic amines) is 1. The molecule has 0 aromatic heterocycles. The molecule has 1 aromatic rings. The Kier molecular flexibility index (Phi) is 4.03. The van der Waals surface area contributed by atoms with Gasteiger partial charge in [-0.2, -0.15) is 13.2 Å². The molecule has 1 spiro atoms. The number of ether oxygens (including phenoxy) is 1. The van der Waals surface area contributed by atoms with E-state index in [1.54, 1.807) is 4.90 Å². The first-order chi connectivity index (χ1) is 12.6. The second-order valence-electron chi connectivity index (χ2n) is 7.78. The van der Waals surface area contributed by atoms with Gasteiger partial charge in [0.15, 0.2) is 5.72 Å². The summed E-state index contributed by atoms with van der Waals surface area (Å²) in [5.74, 6) is -0.327. The lowest BCUT2D eigenvalue weighted by molar-refractivity contribution is -0.139. The van der Waals surface area contributed by atoms with Crippen molar-refractivity contribution in [2.24, 2.45) is 5.92 Å². The summed E-state index contributed by atoms with van der Waals surface area (Å²) in [5, 5.41) is 0. The van der Waals surface area contributed by atoms with Crippen LogP contribution in [0.15, 0.2) is 24.3 Å². The van der Waals surface area contributed by atoms with Crippen molar-refractivity contribution < 1.29 is 27.5 Å². The topological polar surface area (TPSA) is 49.9 Å². The number of alkyl halides is 3. The Morgan fingerprint density at radius 2 is 2.07 bits per heavy atom. The summed E-state index contributed by atoms with van der Waals surface area (Å²) in [7, 11) is 0. The van der Waals surface area contributed by atoms with E-state index in [0.717, 1.165) is 12.1 Å². The van der Waals surface area contributed by atoms with E-state index in [-0.39, 0.29) is 29.9 Å². The number of hydrogen-bond donors (Lipinski definition) is 0. The number of nitrogens with zero attached hydrogens (tertiary/aromatic N) is 2. The third-order valence-corrected chi connectivity index (χ3v) is 5.96. The van der Waals surface area contributed by atoms with E-state index >= 15 is 0 Å². The molecular weight excluding hydrogens is 361 g/mol. The average Bonchev–Trinajstić information content (AvgIpc) is 3.23. The van der Waals surface area contributed by atoms with Gasteiger partial charge >= 0.3 is 6.18 Å². The fraction of sp³-hybridized carbons (Fsp3) is 0.579. The molecule has 0 N–H and O–H groups in total. The van der Waals surface area contributed by atoms with Crippen LogP contribution in [0.4, 0.5) is 13.2 Å². The molecule has 4 rings (SSSR count). The third-order valence-electron chi connectivity index (χ3n) is 5.96. The van der Waals surface area contributed by atoms with Gasteiger partial charge in [-0.05, 0) is 24.1 Å². The largest absolute Gasteiger partial charge is 0.416 e. The van der Waals surface area contributed by atoms with Crippen molar-refractivity contribution >= 4 is 11.8 Å². The first kappa shape index (κ1) is 18.3. The zero-order valence-electron chi connectivity index (χ0n) is 15.1. The molecule has 3 aliphatic heterocycles. The van der Waals surface area contributed by atoms with Gasteiger partial charge in [-0.25, -0.2) is 0 Å². The molecule has 5 nitrogen and oxygen atoms in total. The second kappa shape index (κ2) is 5.95. The van der Waals surface area contributed by atoms with Crippen LogP contribution in [0, 0.1) is 5.92 Å². The number of amides is 2. The first-order valence-electron chi connectivity index (χ1n) is 9.09. The molecular formula is C19H21F3N2O3. The first-order valence-corrected chi connectivity index (χ1v) is 9.09. The van der Waals surface area contributed by atoms with E-state index in [4.69, 9.17) is 4.74 Å². The Hall–Kier alpha value is -2.09. The molecule has 1 aromatic carbocycles. The maximum absolute atomic E-state index is 13.0. The number of rotatable bonds is 2. The van der Waals surface area contributed by atoms with Gasteiger partial charge < -0.3 is 14.5 Å². The molecule has 0 aliphatic carbocycles. The highest BCUT2D eigenvalue weighted by molar-refractivity contribution is 5.96. The zero-order chi connectivity index (χ0) is 19.6. The van der Waals surface area contributed by atoms with E-state index in [0.29, 0.717) is 19.6 Å². The van der Waals surface area contributed by atoms with Crippen LogP contribution in [0.2, 0.25) is 0 Å². The predicted molar refractivity (Wildman–Crippen MR) is 89.7 cm³/mol. The molecule has 0 bridgehead atoms. The van der Waals surface area contributed by atoms with Crippen LogP contribution in [0.3, 0.4) is 0 Å². The van der Waals surface area contributed by atoms with E-state index in [2.05, 4.69) is 0 Å². The third kappa shape index (κ3) is 2.64. The average molecular weight is 382 g/mol. The molecule has 0 radical (unpaired) electrons. The Bertz CT molecular complexity index is 795. The van der Waals surface area contributed by atoms with Crippen molar-refractivity contribution in [1.29, 1.82) is 0 Å². The molecule has 0 saturated carbocycles. The fourth-order valence-corrected chi connectivity index (χ4v) is 4.61. The summed E-state index contributed by atoms with van der Waals surface area (Å²) in [5.41, 5.74) is -1.71. The lowest BCUT2D eigenvalue weighted by Crippen LogP contribution is -2.51. The summed E-state index contributed by atoms with van der Waals surface area (Å²) in [6.45, 7) is 4.82. The maximum atomic E-state index is 13.0. The number of carbonyl (C=O) groups excluding carboxylic acids is 2. The highest BCUT2D eigenvalue weighted by Crippen LogP contribution is 2.49. The lowest BCUT2D eigenvalue weighted by atomic mass is 10.0. The van der Waals surface area contributed by atoms with E-state index in [1.807, 2.05) is 13.8 Å². The number of carbonyl (C=O) groups is 2. The van der Waals surface area contributed by atoms with Crippen molar-refractivity contribution in [3.05, 3.63) is 35.4 Å². The number of benzene rings is 1. The van der Waals surface area contributed by atoms with Crippen LogP contribution in [0.1, 0.15) is 42.6 Å². The Balaban J connectivity index is 1.63. The van der Waals surface area contributed by atoms with Crippen molar-refractivity contribution in [3.63, 3.8) is 0 Å². The molecule has 3 atom stereocenters. The molecule has 2 amide bonds. The van der Waals surface area contributed by atoms with Gasteiger partial charge in [-0.3, -0.25) is 9.59 Å². The van der Waals surface area contributed by atoms with E-state index < -0.39 is 29.4 Å². The van der Waals surface area contributed by atoms with Crippen LogP contribution in [-0.4, -0.2) is 52.6 Å². The lowest BCUT2D eigenvalue weighted by Gasteiger charge is -2.34. The standard InChI is InChI=1S/C19H21F3N2O3/c1-11(2)14-10-27-18-6-7-23(15(18)9-16(25)24(14)18)17(26)12-4-3-5-13(8-12)19(20,21)22/h3-5,8,11,14-15H,6-7,9-10H2,1-2H3/t14-,15+,18-/m0/s1. The molecule has 27 heavy (non-hydrogen) atoms. The van der Waals surface area contributed by atoms with Crippen LogP contribution in [0.25, 0.3) is 0 Å². The van der Waals surface area contributed by atoms with Gasteiger partial charge in [-0.15, -0.1) is 0 Å². The molecule has 3 saturated heterocycles. The van der Waals surface area contributed by atoms with Gasteiger partial charge in [0.1, 0.15) is 0 Å². The Morgan fingerprint density at radius 1 is 1.33 bits per heavy atom. The van der Waals surface area contributed by atoms with Crippen molar-refractivity contribution in [1.82, 2.24) is 9.80 Å². The van der Waals surface area contributed by atoms with E-state index in [9.17, 15) is 22.8 Å². The second-order valence-corrected chi connectivity index (χ2v) is 7.78.